The molecule has 10 nitrogen and oxygen atoms in total. The lowest BCUT2D eigenvalue weighted by Crippen LogP contribution is -2.59. The maximum atomic E-state index is 12.8. The first-order valence-corrected chi connectivity index (χ1v) is 24.4. The number of ether oxygens (including phenoxy) is 4. The summed E-state index contributed by atoms with van der Waals surface area (Å²) in [6, 6.07) is 0. The average Bonchev–Trinajstić information content (AvgIpc) is 3.23. The number of carbonyl (C=O) groups is 2. The predicted molar refractivity (Wildman–Crippen MR) is 238 cm³/mol. The van der Waals surface area contributed by atoms with Crippen LogP contribution in [-0.4, -0.2) is 89.0 Å². The highest BCUT2D eigenvalue weighted by Gasteiger charge is 2.44. The quantitative estimate of drug-likeness (QED) is 0.0266. The first kappa shape index (κ1) is 55.2. The summed E-state index contributed by atoms with van der Waals surface area (Å²) >= 11 is 0. The van der Waals surface area contributed by atoms with E-state index in [1.54, 1.807) is 0 Å². The van der Waals surface area contributed by atoms with E-state index in [0.29, 0.717) is 6.42 Å². The van der Waals surface area contributed by atoms with Gasteiger partial charge in [-0.25, -0.2) is 0 Å². The molecule has 0 aliphatic carbocycles. The molecule has 0 amide bonds. The Morgan fingerprint density at radius 2 is 0.949 bits per heavy atom. The van der Waals surface area contributed by atoms with Crippen LogP contribution >= 0.6 is 0 Å². The molecule has 4 N–H and O–H groups in total. The van der Waals surface area contributed by atoms with Crippen LogP contribution in [0.5, 0.6) is 0 Å². The van der Waals surface area contributed by atoms with Gasteiger partial charge in [-0.05, 0) is 44.9 Å². The third-order valence-electron chi connectivity index (χ3n) is 11.3. The average molecular weight is 839 g/mol. The zero-order chi connectivity index (χ0) is 43.0. The van der Waals surface area contributed by atoms with Crippen molar-refractivity contribution in [3.05, 3.63) is 24.3 Å². The second-order valence-corrected chi connectivity index (χ2v) is 16.9. The topological polar surface area (TPSA) is 152 Å². The molecule has 0 spiro atoms. The van der Waals surface area contributed by atoms with Gasteiger partial charge in [0.1, 0.15) is 31.0 Å². The smallest absolute Gasteiger partial charge is 0.306 e. The van der Waals surface area contributed by atoms with E-state index in [1.165, 1.54) is 135 Å². The fourth-order valence-corrected chi connectivity index (χ4v) is 7.45. The summed E-state index contributed by atoms with van der Waals surface area (Å²) in [5.41, 5.74) is 0. The van der Waals surface area contributed by atoms with Crippen molar-refractivity contribution in [1.29, 1.82) is 0 Å². The molecule has 346 valence electrons. The number of aliphatic hydroxyl groups is 4. The van der Waals surface area contributed by atoms with Crippen molar-refractivity contribution in [3.8, 4) is 0 Å². The minimum absolute atomic E-state index is 0.215. The van der Waals surface area contributed by atoms with Crippen molar-refractivity contribution in [2.45, 2.75) is 256 Å². The molecule has 10 heteroatoms. The van der Waals surface area contributed by atoms with Crippen LogP contribution in [-0.2, 0) is 28.5 Å². The Balaban J connectivity index is 2.28. The fourth-order valence-electron chi connectivity index (χ4n) is 7.45. The van der Waals surface area contributed by atoms with E-state index in [-0.39, 0.29) is 32.0 Å². The van der Waals surface area contributed by atoms with Gasteiger partial charge >= 0.3 is 11.9 Å². The molecule has 0 aromatic rings. The molecule has 1 heterocycles. The lowest BCUT2D eigenvalue weighted by molar-refractivity contribution is -0.305. The summed E-state index contributed by atoms with van der Waals surface area (Å²) in [6.45, 7) is 3.42. The summed E-state index contributed by atoms with van der Waals surface area (Å²) in [5, 5.41) is 40.1. The van der Waals surface area contributed by atoms with E-state index in [4.69, 9.17) is 18.9 Å². The monoisotopic (exact) mass is 839 g/mol. The summed E-state index contributed by atoms with van der Waals surface area (Å²) in [6.07, 6.45) is 37.5. The van der Waals surface area contributed by atoms with Crippen LogP contribution in [0.25, 0.3) is 0 Å². The number of hydrogen-bond donors (Lipinski definition) is 4. The molecule has 1 aliphatic heterocycles. The van der Waals surface area contributed by atoms with Crippen molar-refractivity contribution in [2.75, 3.05) is 19.8 Å². The Morgan fingerprint density at radius 1 is 0.525 bits per heavy atom. The van der Waals surface area contributed by atoms with E-state index >= 15 is 0 Å². The molecule has 1 aliphatic rings. The minimum atomic E-state index is -1.59. The predicted octanol–water partition coefficient (Wildman–Crippen LogP) is 10.9. The molecule has 1 fully saturated rings. The highest BCUT2D eigenvalue weighted by molar-refractivity contribution is 5.70. The van der Waals surface area contributed by atoms with Crippen LogP contribution < -0.4 is 0 Å². The van der Waals surface area contributed by atoms with Gasteiger partial charge in [-0.1, -0.05) is 186 Å². The van der Waals surface area contributed by atoms with E-state index in [0.717, 1.165) is 51.4 Å². The van der Waals surface area contributed by atoms with Crippen molar-refractivity contribution in [3.63, 3.8) is 0 Å². The van der Waals surface area contributed by atoms with Gasteiger partial charge in [0.25, 0.3) is 0 Å². The molecule has 0 aromatic carbocycles. The molecule has 59 heavy (non-hydrogen) atoms. The van der Waals surface area contributed by atoms with Crippen molar-refractivity contribution in [2.24, 2.45) is 0 Å². The fraction of sp³-hybridized carbons (Fsp3) is 0.878. The van der Waals surface area contributed by atoms with Crippen LogP contribution in [0.1, 0.15) is 219 Å². The number of esters is 2. The number of aliphatic hydroxyl groups excluding tert-OH is 4. The van der Waals surface area contributed by atoms with Crippen LogP contribution in [0.3, 0.4) is 0 Å². The number of unbranched alkanes of at least 4 members (excludes halogenated alkanes) is 26. The summed E-state index contributed by atoms with van der Waals surface area (Å²) in [5.74, 6) is -0.801. The Labute approximate surface area is 360 Å². The maximum Gasteiger partial charge on any atom is 0.306 e. The summed E-state index contributed by atoms with van der Waals surface area (Å²) in [4.78, 5) is 25.4. The van der Waals surface area contributed by atoms with Gasteiger partial charge in [0.05, 0.1) is 13.2 Å². The molecule has 0 aromatic heterocycles. The van der Waals surface area contributed by atoms with Gasteiger partial charge in [-0.15, -0.1) is 0 Å². The zero-order valence-corrected chi connectivity index (χ0v) is 37.8. The molecule has 0 radical (unpaired) electrons. The molecule has 0 saturated carbocycles. The summed E-state index contributed by atoms with van der Waals surface area (Å²) < 4.78 is 22.2. The molecule has 6 unspecified atom stereocenters. The highest BCUT2D eigenvalue weighted by atomic mass is 16.7. The van der Waals surface area contributed by atoms with Gasteiger partial charge in [0.15, 0.2) is 12.4 Å². The van der Waals surface area contributed by atoms with Gasteiger partial charge < -0.3 is 39.4 Å². The molecular formula is C49H90O10. The van der Waals surface area contributed by atoms with Crippen molar-refractivity contribution in [1.82, 2.24) is 0 Å². The van der Waals surface area contributed by atoms with E-state index in [2.05, 4.69) is 38.2 Å². The highest BCUT2D eigenvalue weighted by Crippen LogP contribution is 2.23. The van der Waals surface area contributed by atoms with Gasteiger partial charge in [-0.3, -0.25) is 9.59 Å². The molecular weight excluding hydrogens is 749 g/mol. The first-order valence-electron chi connectivity index (χ1n) is 24.4. The second-order valence-electron chi connectivity index (χ2n) is 16.9. The van der Waals surface area contributed by atoms with E-state index in [9.17, 15) is 30.0 Å². The van der Waals surface area contributed by atoms with Crippen molar-refractivity contribution >= 4 is 11.9 Å². The lowest BCUT2D eigenvalue weighted by Gasteiger charge is -2.39. The Morgan fingerprint density at radius 3 is 1.44 bits per heavy atom. The third-order valence-corrected chi connectivity index (χ3v) is 11.3. The van der Waals surface area contributed by atoms with Gasteiger partial charge in [0.2, 0.25) is 0 Å². The number of rotatable bonds is 41. The van der Waals surface area contributed by atoms with Crippen LogP contribution in [0.4, 0.5) is 0 Å². The maximum absolute atomic E-state index is 12.8. The standard InChI is InChI=1S/C49H90O10/c1-3-5-7-9-11-13-15-17-19-20-21-22-24-26-28-30-32-34-36-38-45(52)58-42(41-57-49-48(55)47(54)46(53)43(39-50)59-49)40-56-44(51)37-35-33-31-29-27-25-23-18-16-14-12-10-8-6-4-2/h11,13,17,19,42-43,46-50,53-55H,3-10,12,14-16,18,20-41H2,1-2H3/b13-11-,19-17-. The largest absolute Gasteiger partial charge is 0.462 e. The molecule has 6 atom stereocenters. The lowest BCUT2D eigenvalue weighted by atomic mass is 9.99. The minimum Gasteiger partial charge on any atom is -0.462 e. The first-order chi connectivity index (χ1) is 28.8. The van der Waals surface area contributed by atoms with Crippen molar-refractivity contribution < 1.29 is 49.0 Å². The number of allylic oxidation sites excluding steroid dienone is 4. The number of hydrogen-bond acceptors (Lipinski definition) is 10. The van der Waals surface area contributed by atoms with E-state index in [1.807, 2.05) is 0 Å². The molecule has 1 rings (SSSR count). The van der Waals surface area contributed by atoms with E-state index < -0.39 is 49.4 Å². The van der Waals surface area contributed by atoms with Crippen LogP contribution in [0.15, 0.2) is 24.3 Å². The third kappa shape index (κ3) is 31.7. The van der Waals surface area contributed by atoms with Gasteiger partial charge in [-0.2, -0.15) is 0 Å². The Hall–Kier alpha value is -1.82. The van der Waals surface area contributed by atoms with Crippen LogP contribution in [0.2, 0.25) is 0 Å². The second kappa shape index (κ2) is 40.3. The Bertz CT molecular complexity index is 1020. The summed E-state index contributed by atoms with van der Waals surface area (Å²) in [7, 11) is 0. The molecule has 0 bridgehead atoms. The zero-order valence-electron chi connectivity index (χ0n) is 37.8. The normalized spacial score (nSPS) is 20.1. The number of carbonyl (C=O) groups excluding carboxylic acids is 2. The Kier molecular flexibility index (Phi) is 37.7. The SMILES string of the molecule is CCCCC/C=C\C/C=C\CCCCCCCCCCCC(=O)OC(COC(=O)CCCCCCCCCCCCCCCCC)COC1OC(CO)C(O)C(O)C1O. The molecule has 1 saturated heterocycles. The van der Waals surface area contributed by atoms with Crippen LogP contribution in [0, 0.1) is 0 Å². The van der Waals surface area contributed by atoms with Gasteiger partial charge in [0, 0.05) is 12.8 Å².